The second-order valence-electron chi connectivity index (χ2n) is 10.2. The number of halogens is 6. The van der Waals surface area contributed by atoms with E-state index in [1.165, 1.54) is 23.0 Å². The van der Waals surface area contributed by atoms with Gasteiger partial charge in [-0.25, -0.2) is 9.67 Å². The molecule has 0 aliphatic rings. The third-order valence-electron chi connectivity index (χ3n) is 7.03. The maximum Gasteiger partial charge on any atom is 0.455 e. The molecule has 16 heteroatoms. The van der Waals surface area contributed by atoms with Crippen molar-refractivity contribution in [2.45, 2.75) is 25.7 Å². The fraction of sp³-hybridized carbons (Fsp3) is 0.129. The molecule has 0 saturated heterocycles. The minimum atomic E-state index is -4.79. The first kappa shape index (κ1) is 32.1. The van der Waals surface area contributed by atoms with E-state index in [1.54, 1.807) is 60.7 Å². The van der Waals surface area contributed by atoms with Crippen LogP contribution in [0.2, 0.25) is 15.1 Å². The largest absolute Gasteiger partial charge is 0.455 e. The van der Waals surface area contributed by atoms with Crippen LogP contribution in [0.4, 0.5) is 13.2 Å². The van der Waals surface area contributed by atoms with Crippen LogP contribution in [-0.2, 0) is 25.7 Å². The van der Waals surface area contributed by atoms with Crippen LogP contribution in [-0.4, -0.2) is 46.7 Å². The number of aromatic nitrogens is 7. The smallest absolute Gasteiger partial charge is 0.348 e. The number of carbonyl (C=O) groups excluding carboxylic acids is 2. The second-order valence-corrected chi connectivity index (χ2v) is 11.5. The molecule has 0 atom stereocenters. The van der Waals surface area contributed by atoms with Gasteiger partial charge in [0, 0.05) is 35.1 Å². The lowest BCUT2D eigenvalue weighted by molar-refractivity contribution is -0.145. The minimum absolute atomic E-state index is 0.0199. The zero-order chi connectivity index (χ0) is 33.3. The first-order valence-corrected chi connectivity index (χ1v) is 14.9. The summed E-state index contributed by atoms with van der Waals surface area (Å²) >= 11 is 19.2. The quantitative estimate of drug-likeness (QED) is 0.165. The van der Waals surface area contributed by atoms with Crippen LogP contribution in [0.1, 0.15) is 43.5 Å². The maximum absolute atomic E-state index is 14.1. The van der Waals surface area contributed by atoms with Crippen LogP contribution in [0.25, 0.3) is 16.6 Å². The molecule has 47 heavy (non-hydrogen) atoms. The van der Waals surface area contributed by atoms with Crippen LogP contribution in [0.15, 0.2) is 79.0 Å². The molecule has 1 N–H and O–H groups in total. The number of nitrogens with zero attached hydrogens (tertiary/aromatic N) is 7. The van der Waals surface area contributed by atoms with E-state index in [2.05, 4.69) is 30.8 Å². The topological polar surface area (TPSA) is 120 Å². The summed E-state index contributed by atoms with van der Waals surface area (Å²) in [7, 11) is 0. The second kappa shape index (κ2) is 13.1. The number of hydrogen-bond acceptors (Lipinski definition) is 7. The van der Waals surface area contributed by atoms with Gasteiger partial charge in [0.2, 0.25) is 0 Å². The summed E-state index contributed by atoms with van der Waals surface area (Å²) in [4.78, 5) is 32.6. The lowest BCUT2D eigenvalue weighted by Gasteiger charge is -2.15. The molecular formula is C31H20Cl3F3N8O2. The Bertz CT molecular complexity index is 2130. The fourth-order valence-electron chi connectivity index (χ4n) is 4.82. The fourth-order valence-corrected chi connectivity index (χ4v) is 5.49. The number of alkyl halides is 3. The SMILES string of the molecule is O=C(NCc1ccc(Cl)cc1)c1cc2ccccc2c(Cl)c1CC(=O)c1cc(Cn2nnc(C(F)(F)F)n2)nn1-c1ncccc1Cl. The zero-order valence-corrected chi connectivity index (χ0v) is 26.1. The third kappa shape index (κ3) is 6.97. The number of amides is 1. The van der Waals surface area contributed by atoms with Crippen molar-refractivity contribution < 1.29 is 22.8 Å². The number of rotatable bonds is 9. The van der Waals surface area contributed by atoms with Crippen LogP contribution in [0, 0.1) is 0 Å². The standard InChI is InChI=1S/C31H20Cl3F3N8O2/c32-19-9-7-17(8-10-19)15-39-29(47)23-12-18-4-1-2-5-21(18)27(34)22(23)14-26(46)25-13-20(16-44-42-30(40-43-44)31(35,36)37)41-45(25)28-24(33)6-3-11-38-28/h1-13H,14-16H2,(H,39,47). The van der Waals surface area contributed by atoms with E-state index >= 15 is 0 Å². The highest BCUT2D eigenvalue weighted by Gasteiger charge is 2.37. The van der Waals surface area contributed by atoms with Crippen LogP contribution in [0.3, 0.4) is 0 Å². The molecule has 6 aromatic rings. The van der Waals surface area contributed by atoms with Crippen molar-refractivity contribution in [2.24, 2.45) is 0 Å². The Kier molecular flexibility index (Phi) is 8.95. The molecule has 6 rings (SSSR count). The monoisotopic (exact) mass is 698 g/mol. The molecule has 1 amide bonds. The molecule has 0 bridgehead atoms. The highest BCUT2D eigenvalue weighted by molar-refractivity contribution is 6.37. The number of tetrazole rings is 1. The van der Waals surface area contributed by atoms with Crippen molar-refractivity contribution in [1.82, 2.24) is 40.3 Å². The molecule has 0 aliphatic heterocycles. The van der Waals surface area contributed by atoms with Gasteiger partial charge in [0.1, 0.15) is 12.2 Å². The summed E-state index contributed by atoms with van der Waals surface area (Å²) < 4.78 is 40.3. The van der Waals surface area contributed by atoms with Gasteiger partial charge in [-0.05, 0) is 58.1 Å². The summed E-state index contributed by atoms with van der Waals surface area (Å²) in [5, 5.41) is 19.3. The number of benzene rings is 3. The van der Waals surface area contributed by atoms with E-state index in [9.17, 15) is 22.8 Å². The number of pyridine rings is 1. The lowest BCUT2D eigenvalue weighted by atomic mass is 9.95. The van der Waals surface area contributed by atoms with Gasteiger partial charge < -0.3 is 5.32 Å². The number of ketones is 1. The normalized spacial score (nSPS) is 11.6. The Morgan fingerprint density at radius 2 is 1.68 bits per heavy atom. The van der Waals surface area contributed by atoms with Gasteiger partial charge in [0.15, 0.2) is 11.6 Å². The van der Waals surface area contributed by atoms with Crippen LogP contribution < -0.4 is 5.32 Å². The summed E-state index contributed by atoms with van der Waals surface area (Å²) in [6.07, 6.45) is -3.70. The Morgan fingerprint density at radius 3 is 2.40 bits per heavy atom. The molecule has 0 fully saturated rings. The molecule has 3 aromatic carbocycles. The van der Waals surface area contributed by atoms with E-state index < -0.39 is 23.7 Å². The van der Waals surface area contributed by atoms with E-state index in [-0.39, 0.29) is 57.9 Å². The summed E-state index contributed by atoms with van der Waals surface area (Å²) in [5.41, 5.74) is 1.35. The summed E-state index contributed by atoms with van der Waals surface area (Å²) in [6, 6.07) is 20.3. The van der Waals surface area contributed by atoms with Gasteiger partial charge in [0.25, 0.3) is 11.7 Å². The number of hydrogen-bond donors (Lipinski definition) is 1. The van der Waals surface area contributed by atoms with Gasteiger partial charge >= 0.3 is 6.18 Å². The molecule has 0 aliphatic carbocycles. The molecule has 0 spiro atoms. The Hall–Kier alpha value is -4.85. The Balaban J connectivity index is 1.37. The highest BCUT2D eigenvalue weighted by Crippen LogP contribution is 2.32. The van der Waals surface area contributed by atoms with Crippen molar-refractivity contribution >= 4 is 57.3 Å². The van der Waals surface area contributed by atoms with E-state index in [0.717, 1.165) is 5.56 Å². The molecule has 0 unspecified atom stereocenters. The lowest BCUT2D eigenvalue weighted by Crippen LogP contribution is -2.25. The molecule has 238 valence electrons. The van der Waals surface area contributed by atoms with Crippen LogP contribution in [0.5, 0.6) is 0 Å². The Morgan fingerprint density at radius 1 is 0.915 bits per heavy atom. The number of nitrogens with one attached hydrogen (secondary N) is 1. The minimum Gasteiger partial charge on any atom is -0.348 e. The number of carbonyl (C=O) groups is 2. The summed E-state index contributed by atoms with van der Waals surface area (Å²) in [5.74, 6) is -2.32. The highest BCUT2D eigenvalue weighted by atomic mass is 35.5. The van der Waals surface area contributed by atoms with Gasteiger partial charge in [-0.3, -0.25) is 9.59 Å². The predicted octanol–water partition coefficient (Wildman–Crippen LogP) is 6.79. The average Bonchev–Trinajstić information content (AvgIpc) is 3.70. The molecule has 3 aromatic heterocycles. The van der Waals surface area contributed by atoms with Crippen molar-refractivity contribution in [3.63, 3.8) is 0 Å². The van der Waals surface area contributed by atoms with Crippen LogP contribution >= 0.6 is 34.8 Å². The average molecular weight is 700 g/mol. The third-order valence-corrected chi connectivity index (χ3v) is 8.01. The predicted molar refractivity (Wildman–Crippen MR) is 168 cm³/mol. The van der Waals surface area contributed by atoms with Gasteiger partial charge in [-0.15, -0.1) is 10.2 Å². The molecular weight excluding hydrogens is 680 g/mol. The molecule has 0 radical (unpaired) electrons. The van der Waals surface area contributed by atoms with E-state index in [0.29, 0.717) is 20.6 Å². The van der Waals surface area contributed by atoms with Gasteiger partial charge in [0.05, 0.1) is 15.7 Å². The maximum atomic E-state index is 14.1. The molecule has 10 nitrogen and oxygen atoms in total. The van der Waals surface area contributed by atoms with Gasteiger partial charge in [-0.1, -0.05) is 71.2 Å². The van der Waals surface area contributed by atoms with E-state index in [4.69, 9.17) is 34.8 Å². The number of Topliss-reactive ketones (excluding diaryl/α,β-unsaturated/α-hetero) is 1. The first-order valence-electron chi connectivity index (χ1n) is 13.8. The summed E-state index contributed by atoms with van der Waals surface area (Å²) in [6.45, 7) is -0.162. The molecule has 3 heterocycles. The Labute approximate surface area is 279 Å². The van der Waals surface area contributed by atoms with Crippen molar-refractivity contribution in [1.29, 1.82) is 0 Å². The van der Waals surface area contributed by atoms with Gasteiger partial charge in [-0.2, -0.15) is 23.1 Å². The first-order chi connectivity index (χ1) is 22.5. The number of fused-ring (bicyclic) bond motifs is 1. The zero-order valence-electron chi connectivity index (χ0n) is 23.8. The van der Waals surface area contributed by atoms with Crippen molar-refractivity contribution in [2.75, 3.05) is 0 Å². The van der Waals surface area contributed by atoms with Crippen molar-refractivity contribution in [3.8, 4) is 5.82 Å². The molecule has 0 saturated carbocycles. The van der Waals surface area contributed by atoms with Crippen molar-refractivity contribution in [3.05, 3.63) is 128 Å². The van der Waals surface area contributed by atoms with E-state index in [1.807, 2.05) is 0 Å².